The molecule has 0 atom stereocenters. The number of hydrogen-bond acceptors (Lipinski definition) is 6. The maximum absolute atomic E-state index is 5.14. The van der Waals surface area contributed by atoms with Crippen LogP contribution in [0.3, 0.4) is 0 Å². The van der Waals surface area contributed by atoms with E-state index in [9.17, 15) is 0 Å². The number of piperidine rings is 1. The summed E-state index contributed by atoms with van der Waals surface area (Å²) in [5.74, 6) is 2.61. The summed E-state index contributed by atoms with van der Waals surface area (Å²) in [5.41, 5.74) is 4.91. The minimum atomic E-state index is 0.441. The van der Waals surface area contributed by atoms with Gasteiger partial charge in [-0.15, -0.1) is 0 Å². The SMILES string of the molecule is Cc1nc(C2CCN(Cc3ccncc3)CC2)nc2c1CCCN2Cc1ccccn1. The third kappa shape index (κ3) is 4.59. The lowest BCUT2D eigenvalue weighted by molar-refractivity contribution is 0.201. The summed E-state index contributed by atoms with van der Waals surface area (Å²) in [5, 5.41) is 0. The predicted molar refractivity (Wildman–Crippen MR) is 122 cm³/mol. The predicted octanol–water partition coefficient (Wildman–Crippen LogP) is 3.91. The van der Waals surface area contributed by atoms with Crippen molar-refractivity contribution in [2.24, 2.45) is 0 Å². The van der Waals surface area contributed by atoms with Crippen LogP contribution in [0.4, 0.5) is 5.82 Å². The molecule has 0 unspecified atom stereocenters. The lowest BCUT2D eigenvalue weighted by Crippen LogP contribution is -2.34. The Morgan fingerprint density at radius 1 is 0.935 bits per heavy atom. The number of nitrogens with zero attached hydrogens (tertiary/aromatic N) is 6. The second-order valence-electron chi connectivity index (χ2n) is 8.72. The minimum absolute atomic E-state index is 0.441. The fraction of sp³-hybridized carbons (Fsp3) is 0.440. The molecule has 0 saturated carbocycles. The average molecular weight is 415 g/mol. The minimum Gasteiger partial charge on any atom is -0.350 e. The number of fused-ring (bicyclic) bond motifs is 1. The van der Waals surface area contributed by atoms with E-state index in [2.05, 4.69) is 51.0 Å². The highest BCUT2D eigenvalue weighted by Crippen LogP contribution is 2.33. The zero-order chi connectivity index (χ0) is 21.0. The van der Waals surface area contributed by atoms with Crippen molar-refractivity contribution in [1.29, 1.82) is 0 Å². The van der Waals surface area contributed by atoms with Gasteiger partial charge in [0, 0.05) is 48.9 Å². The largest absolute Gasteiger partial charge is 0.350 e. The Balaban J connectivity index is 1.30. The van der Waals surface area contributed by atoms with Crippen LogP contribution >= 0.6 is 0 Å². The first-order valence-electron chi connectivity index (χ1n) is 11.4. The van der Waals surface area contributed by atoms with Crippen molar-refractivity contribution in [2.75, 3.05) is 24.5 Å². The highest BCUT2D eigenvalue weighted by molar-refractivity contribution is 5.51. The van der Waals surface area contributed by atoms with Crippen molar-refractivity contribution >= 4 is 5.82 Å². The molecule has 5 heterocycles. The number of rotatable bonds is 5. The molecule has 3 aromatic rings. The lowest BCUT2D eigenvalue weighted by Gasteiger charge is -2.34. The van der Waals surface area contributed by atoms with Gasteiger partial charge in [0.25, 0.3) is 0 Å². The molecule has 0 spiro atoms. The van der Waals surface area contributed by atoms with Gasteiger partial charge >= 0.3 is 0 Å². The summed E-state index contributed by atoms with van der Waals surface area (Å²) >= 11 is 0. The Hall–Kier alpha value is -2.86. The van der Waals surface area contributed by atoms with E-state index < -0.39 is 0 Å². The van der Waals surface area contributed by atoms with Crippen molar-refractivity contribution in [2.45, 2.75) is 51.6 Å². The van der Waals surface area contributed by atoms with Crippen LogP contribution in [0, 0.1) is 6.92 Å². The Morgan fingerprint density at radius 2 is 1.77 bits per heavy atom. The molecule has 160 valence electrons. The van der Waals surface area contributed by atoms with E-state index in [0.29, 0.717) is 5.92 Å². The summed E-state index contributed by atoms with van der Waals surface area (Å²) in [6.07, 6.45) is 10.1. The van der Waals surface area contributed by atoms with Gasteiger partial charge in [0.1, 0.15) is 11.6 Å². The molecule has 5 rings (SSSR count). The molecule has 1 saturated heterocycles. The van der Waals surface area contributed by atoms with Crippen molar-refractivity contribution in [3.63, 3.8) is 0 Å². The Bertz CT molecular complexity index is 999. The van der Waals surface area contributed by atoms with Crippen LogP contribution in [-0.2, 0) is 19.5 Å². The number of likely N-dealkylation sites (tertiary alicyclic amines) is 1. The molecule has 31 heavy (non-hydrogen) atoms. The van der Waals surface area contributed by atoms with Crippen molar-refractivity contribution in [3.05, 3.63) is 77.3 Å². The van der Waals surface area contributed by atoms with Crippen LogP contribution in [0.25, 0.3) is 0 Å². The molecule has 3 aromatic heterocycles. The van der Waals surface area contributed by atoms with E-state index in [1.807, 2.05) is 24.7 Å². The number of hydrogen-bond donors (Lipinski definition) is 0. The van der Waals surface area contributed by atoms with Gasteiger partial charge in [0.2, 0.25) is 0 Å². The molecule has 0 radical (unpaired) electrons. The van der Waals surface area contributed by atoms with Crippen LogP contribution < -0.4 is 4.90 Å². The quantitative estimate of drug-likeness (QED) is 0.631. The third-order valence-electron chi connectivity index (χ3n) is 6.55. The summed E-state index contributed by atoms with van der Waals surface area (Å²) in [7, 11) is 0. The molecule has 0 aliphatic carbocycles. The second-order valence-corrected chi connectivity index (χ2v) is 8.72. The highest BCUT2D eigenvalue weighted by atomic mass is 15.2. The third-order valence-corrected chi connectivity index (χ3v) is 6.55. The smallest absolute Gasteiger partial charge is 0.136 e. The van der Waals surface area contributed by atoms with Crippen LogP contribution in [0.15, 0.2) is 48.9 Å². The highest BCUT2D eigenvalue weighted by Gasteiger charge is 2.27. The normalized spacial score (nSPS) is 17.5. The van der Waals surface area contributed by atoms with Gasteiger partial charge in [-0.2, -0.15) is 0 Å². The zero-order valence-corrected chi connectivity index (χ0v) is 18.2. The van der Waals surface area contributed by atoms with Crippen LogP contribution in [0.5, 0.6) is 0 Å². The van der Waals surface area contributed by atoms with Crippen molar-refractivity contribution in [1.82, 2.24) is 24.8 Å². The Morgan fingerprint density at radius 3 is 2.55 bits per heavy atom. The molecular weight excluding hydrogens is 384 g/mol. The molecule has 2 aliphatic rings. The molecule has 6 nitrogen and oxygen atoms in total. The van der Waals surface area contributed by atoms with Crippen molar-refractivity contribution < 1.29 is 0 Å². The van der Waals surface area contributed by atoms with E-state index in [0.717, 1.165) is 81.4 Å². The fourth-order valence-corrected chi connectivity index (χ4v) is 4.83. The van der Waals surface area contributed by atoms with Crippen LogP contribution in [0.1, 0.15) is 53.5 Å². The molecule has 0 bridgehead atoms. The standard InChI is InChI=1S/C25H30N6/c1-19-23-6-4-14-31(18-22-5-2-3-11-27-22)25(23)29-24(28-19)21-9-15-30(16-10-21)17-20-7-12-26-13-8-20/h2-3,5,7-8,11-13,21H,4,6,9-10,14-18H2,1H3. The number of anilines is 1. The van der Waals surface area contributed by atoms with Crippen LogP contribution in [0.2, 0.25) is 0 Å². The molecule has 6 heteroatoms. The summed E-state index contributed by atoms with van der Waals surface area (Å²) in [4.78, 5) is 23.7. The monoisotopic (exact) mass is 414 g/mol. The molecule has 1 fully saturated rings. The van der Waals surface area contributed by atoms with Crippen molar-refractivity contribution in [3.8, 4) is 0 Å². The fourth-order valence-electron chi connectivity index (χ4n) is 4.83. The average Bonchev–Trinajstić information content (AvgIpc) is 2.81. The number of aromatic nitrogens is 4. The maximum atomic E-state index is 5.14. The van der Waals surface area contributed by atoms with Gasteiger partial charge < -0.3 is 4.90 Å². The van der Waals surface area contributed by atoms with E-state index in [1.54, 1.807) is 0 Å². The molecule has 0 amide bonds. The molecule has 0 aromatic carbocycles. The first kappa shape index (κ1) is 20.1. The van der Waals surface area contributed by atoms with Crippen LogP contribution in [-0.4, -0.2) is 44.5 Å². The van der Waals surface area contributed by atoms with Gasteiger partial charge in [-0.05, 0) is 75.5 Å². The van der Waals surface area contributed by atoms with Gasteiger partial charge in [-0.3, -0.25) is 14.9 Å². The number of aryl methyl sites for hydroxylation is 1. The summed E-state index contributed by atoms with van der Waals surface area (Å²) in [6.45, 7) is 7.18. The zero-order valence-electron chi connectivity index (χ0n) is 18.2. The topological polar surface area (TPSA) is 58.0 Å². The Labute approximate surface area is 184 Å². The first-order chi connectivity index (χ1) is 15.3. The van der Waals surface area contributed by atoms with Gasteiger partial charge in [0.15, 0.2) is 0 Å². The number of pyridine rings is 2. The summed E-state index contributed by atoms with van der Waals surface area (Å²) < 4.78 is 0. The maximum Gasteiger partial charge on any atom is 0.136 e. The molecule has 2 aliphatic heterocycles. The Kier molecular flexibility index (Phi) is 5.89. The van der Waals surface area contributed by atoms with Gasteiger partial charge in [-0.25, -0.2) is 9.97 Å². The summed E-state index contributed by atoms with van der Waals surface area (Å²) in [6, 6.07) is 10.3. The molecule has 0 N–H and O–H groups in total. The van der Waals surface area contributed by atoms with Gasteiger partial charge in [0.05, 0.1) is 12.2 Å². The lowest BCUT2D eigenvalue weighted by atomic mass is 9.94. The van der Waals surface area contributed by atoms with E-state index in [-0.39, 0.29) is 0 Å². The van der Waals surface area contributed by atoms with E-state index >= 15 is 0 Å². The van der Waals surface area contributed by atoms with Gasteiger partial charge in [-0.1, -0.05) is 6.07 Å². The van der Waals surface area contributed by atoms with E-state index in [1.165, 1.54) is 11.1 Å². The van der Waals surface area contributed by atoms with E-state index in [4.69, 9.17) is 9.97 Å². The molecular formula is C25H30N6. The first-order valence-corrected chi connectivity index (χ1v) is 11.4. The second kappa shape index (κ2) is 9.10.